The average molecular weight is 328 g/mol. The smallest absolute Gasteiger partial charge is 0.213 e. The van der Waals surface area contributed by atoms with Gasteiger partial charge in [-0.3, -0.25) is 0 Å². The third kappa shape index (κ3) is 3.86. The molecule has 0 aromatic carbocycles. The Hall–Kier alpha value is -2.10. The highest BCUT2D eigenvalue weighted by atomic mass is 16.5. The number of pyridine rings is 2. The molecule has 0 bridgehead atoms. The minimum Gasteiger partial charge on any atom is -0.481 e. The van der Waals surface area contributed by atoms with Gasteiger partial charge in [-0.25, -0.2) is 9.97 Å². The third-order valence-corrected chi connectivity index (χ3v) is 4.59. The molecule has 2 aromatic rings. The number of rotatable bonds is 7. The zero-order valence-corrected chi connectivity index (χ0v) is 15.7. The van der Waals surface area contributed by atoms with Crippen LogP contribution in [0.5, 0.6) is 11.8 Å². The number of hydrogen-bond donors (Lipinski definition) is 0. The van der Waals surface area contributed by atoms with Gasteiger partial charge in [0.15, 0.2) is 0 Å². The van der Waals surface area contributed by atoms with Crippen LogP contribution >= 0.6 is 0 Å². The maximum Gasteiger partial charge on any atom is 0.213 e. The second kappa shape index (κ2) is 8.13. The van der Waals surface area contributed by atoms with Crippen LogP contribution in [0.25, 0.3) is 0 Å². The summed E-state index contributed by atoms with van der Waals surface area (Å²) >= 11 is 0. The predicted octanol–water partition coefficient (Wildman–Crippen LogP) is 4.02. The van der Waals surface area contributed by atoms with Crippen molar-refractivity contribution >= 4 is 0 Å². The van der Waals surface area contributed by atoms with E-state index in [9.17, 15) is 0 Å². The molecule has 0 fully saturated rings. The molecule has 4 nitrogen and oxygen atoms in total. The first-order valence-electron chi connectivity index (χ1n) is 8.60. The summed E-state index contributed by atoms with van der Waals surface area (Å²) in [4.78, 5) is 9.00. The largest absolute Gasteiger partial charge is 0.481 e. The lowest BCUT2D eigenvalue weighted by Crippen LogP contribution is -2.06. The van der Waals surface area contributed by atoms with Crippen LogP contribution in [0.2, 0.25) is 0 Å². The minimum absolute atomic E-state index is 0.693. The Bertz CT molecular complexity index is 650. The Balaban J connectivity index is 2.34. The molecule has 24 heavy (non-hydrogen) atoms. The van der Waals surface area contributed by atoms with E-state index in [0.717, 1.165) is 37.1 Å². The summed E-state index contributed by atoms with van der Waals surface area (Å²) < 4.78 is 10.7. The quantitative estimate of drug-likeness (QED) is 0.770. The number of ether oxygens (including phenoxy) is 2. The number of aryl methyl sites for hydroxylation is 4. The van der Waals surface area contributed by atoms with Crippen molar-refractivity contribution in [2.24, 2.45) is 0 Å². The second-order valence-corrected chi connectivity index (χ2v) is 5.98. The van der Waals surface area contributed by atoms with E-state index < -0.39 is 0 Å². The number of nitrogens with zero attached hydrogens (tertiary/aromatic N) is 2. The molecule has 0 spiro atoms. The highest BCUT2D eigenvalue weighted by Gasteiger charge is 2.12. The first kappa shape index (κ1) is 18.2. The van der Waals surface area contributed by atoms with E-state index >= 15 is 0 Å². The molecule has 2 aromatic heterocycles. The average Bonchev–Trinajstić information content (AvgIpc) is 2.58. The van der Waals surface area contributed by atoms with E-state index in [2.05, 4.69) is 49.8 Å². The van der Waals surface area contributed by atoms with Crippen molar-refractivity contribution in [1.82, 2.24) is 9.97 Å². The Morgan fingerprint density at radius 1 is 0.750 bits per heavy atom. The highest BCUT2D eigenvalue weighted by molar-refractivity contribution is 5.38. The SMILES string of the molecule is CCc1c(CCc2cc(OC)nc(C)c2CC)cc(OC)nc1C. The van der Waals surface area contributed by atoms with Crippen molar-refractivity contribution in [2.45, 2.75) is 53.4 Å². The van der Waals surface area contributed by atoms with Crippen molar-refractivity contribution in [2.75, 3.05) is 14.2 Å². The van der Waals surface area contributed by atoms with Crippen LogP contribution in [0, 0.1) is 13.8 Å². The molecule has 0 unspecified atom stereocenters. The Kier molecular flexibility index (Phi) is 6.18. The Morgan fingerprint density at radius 3 is 1.42 bits per heavy atom. The van der Waals surface area contributed by atoms with Crippen LogP contribution in [-0.2, 0) is 25.7 Å². The summed E-state index contributed by atoms with van der Waals surface area (Å²) in [5, 5.41) is 0. The van der Waals surface area contributed by atoms with Crippen molar-refractivity contribution in [3.05, 3.63) is 45.8 Å². The molecule has 0 atom stereocenters. The van der Waals surface area contributed by atoms with Gasteiger partial charge in [0, 0.05) is 23.5 Å². The normalized spacial score (nSPS) is 10.8. The van der Waals surface area contributed by atoms with Gasteiger partial charge in [0.25, 0.3) is 0 Å². The van der Waals surface area contributed by atoms with E-state index in [4.69, 9.17) is 9.47 Å². The molecule has 2 heterocycles. The van der Waals surface area contributed by atoms with Crippen LogP contribution in [-0.4, -0.2) is 24.2 Å². The van der Waals surface area contributed by atoms with E-state index in [1.165, 1.54) is 22.3 Å². The summed E-state index contributed by atoms with van der Waals surface area (Å²) in [5.41, 5.74) is 7.41. The van der Waals surface area contributed by atoms with E-state index in [0.29, 0.717) is 11.8 Å². The summed E-state index contributed by atoms with van der Waals surface area (Å²) in [7, 11) is 3.34. The summed E-state index contributed by atoms with van der Waals surface area (Å²) in [6.07, 6.45) is 3.89. The molecule has 0 aliphatic heterocycles. The van der Waals surface area contributed by atoms with Crippen molar-refractivity contribution in [1.29, 1.82) is 0 Å². The van der Waals surface area contributed by atoms with Crippen LogP contribution in [0.15, 0.2) is 12.1 Å². The van der Waals surface area contributed by atoms with Gasteiger partial charge in [0.05, 0.1) is 14.2 Å². The van der Waals surface area contributed by atoms with Gasteiger partial charge in [-0.1, -0.05) is 13.8 Å². The molecule has 0 saturated heterocycles. The van der Waals surface area contributed by atoms with Gasteiger partial charge >= 0.3 is 0 Å². The van der Waals surface area contributed by atoms with Gasteiger partial charge in [-0.05, 0) is 61.8 Å². The predicted molar refractivity (Wildman–Crippen MR) is 97.2 cm³/mol. The van der Waals surface area contributed by atoms with Gasteiger partial charge in [-0.15, -0.1) is 0 Å². The van der Waals surface area contributed by atoms with Crippen LogP contribution in [0.3, 0.4) is 0 Å². The molecular weight excluding hydrogens is 300 g/mol. The van der Waals surface area contributed by atoms with Gasteiger partial charge in [0.2, 0.25) is 11.8 Å². The zero-order valence-electron chi connectivity index (χ0n) is 15.7. The lowest BCUT2D eigenvalue weighted by Gasteiger charge is -2.15. The molecule has 0 radical (unpaired) electrons. The van der Waals surface area contributed by atoms with E-state index in [-0.39, 0.29) is 0 Å². The summed E-state index contributed by atoms with van der Waals surface area (Å²) in [6.45, 7) is 8.47. The molecule has 0 aliphatic carbocycles. The molecular formula is C20H28N2O2. The topological polar surface area (TPSA) is 44.2 Å². The van der Waals surface area contributed by atoms with Crippen molar-refractivity contribution in [3.63, 3.8) is 0 Å². The Labute approximate surface area is 145 Å². The number of methoxy groups -OCH3 is 2. The molecule has 0 N–H and O–H groups in total. The number of hydrogen-bond acceptors (Lipinski definition) is 4. The molecule has 4 heteroatoms. The fraction of sp³-hybridized carbons (Fsp3) is 0.500. The lowest BCUT2D eigenvalue weighted by atomic mass is 9.95. The van der Waals surface area contributed by atoms with Crippen LogP contribution in [0.4, 0.5) is 0 Å². The van der Waals surface area contributed by atoms with Crippen molar-refractivity contribution < 1.29 is 9.47 Å². The van der Waals surface area contributed by atoms with Crippen molar-refractivity contribution in [3.8, 4) is 11.8 Å². The first-order chi connectivity index (χ1) is 11.5. The summed E-state index contributed by atoms with van der Waals surface area (Å²) in [5.74, 6) is 1.39. The number of aromatic nitrogens is 2. The summed E-state index contributed by atoms with van der Waals surface area (Å²) in [6, 6.07) is 4.14. The van der Waals surface area contributed by atoms with E-state index in [1.807, 2.05) is 0 Å². The Morgan fingerprint density at radius 2 is 1.12 bits per heavy atom. The van der Waals surface area contributed by atoms with Gasteiger partial charge < -0.3 is 9.47 Å². The lowest BCUT2D eigenvalue weighted by molar-refractivity contribution is 0.395. The van der Waals surface area contributed by atoms with Crippen LogP contribution in [0.1, 0.15) is 47.5 Å². The molecule has 0 saturated carbocycles. The zero-order chi connectivity index (χ0) is 17.7. The minimum atomic E-state index is 0.693. The maximum atomic E-state index is 5.35. The molecule has 130 valence electrons. The monoisotopic (exact) mass is 328 g/mol. The molecule has 0 amide bonds. The fourth-order valence-corrected chi connectivity index (χ4v) is 3.36. The fourth-order valence-electron chi connectivity index (χ4n) is 3.36. The standard InChI is InChI=1S/C20H28N2O2/c1-7-17-13(3)21-19(23-5)11-15(17)9-10-16-12-20(24-6)22-14(4)18(16)8-2/h11-12H,7-10H2,1-6H3. The van der Waals surface area contributed by atoms with E-state index in [1.54, 1.807) is 14.2 Å². The first-order valence-corrected chi connectivity index (χ1v) is 8.60. The highest BCUT2D eigenvalue weighted by Crippen LogP contribution is 2.24. The van der Waals surface area contributed by atoms with Crippen LogP contribution < -0.4 is 9.47 Å². The molecule has 2 rings (SSSR count). The maximum absolute atomic E-state index is 5.35. The molecule has 0 aliphatic rings. The third-order valence-electron chi connectivity index (χ3n) is 4.59. The second-order valence-electron chi connectivity index (χ2n) is 5.98. The van der Waals surface area contributed by atoms with Gasteiger partial charge in [-0.2, -0.15) is 0 Å². The van der Waals surface area contributed by atoms with Gasteiger partial charge in [0.1, 0.15) is 0 Å².